The van der Waals surface area contributed by atoms with Crippen molar-refractivity contribution in [2.75, 3.05) is 6.79 Å². The Labute approximate surface area is 183 Å². The summed E-state index contributed by atoms with van der Waals surface area (Å²) in [5.74, 6) is 3.28. The molecule has 0 atom stereocenters. The van der Waals surface area contributed by atoms with Gasteiger partial charge in [-0.2, -0.15) is 4.99 Å². The fourth-order valence-corrected chi connectivity index (χ4v) is 4.76. The summed E-state index contributed by atoms with van der Waals surface area (Å²) in [6, 6.07) is 23.2. The van der Waals surface area contributed by atoms with Crippen molar-refractivity contribution in [3.05, 3.63) is 88.7 Å². The molecule has 152 valence electrons. The van der Waals surface area contributed by atoms with Crippen LogP contribution in [0.15, 0.2) is 77.8 Å². The number of benzene rings is 3. The predicted molar refractivity (Wildman–Crippen MR) is 120 cm³/mol. The molecule has 0 spiro atoms. The van der Waals surface area contributed by atoms with Crippen molar-refractivity contribution >= 4 is 27.5 Å². The number of nitrogens with zero attached hydrogens (tertiary/aromatic N) is 2. The van der Waals surface area contributed by atoms with E-state index in [0.29, 0.717) is 22.8 Å². The van der Waals surface area contributed by atoms with E-state index in [1.54, 1.807) is 0 Å². The zero-order chi connectivity index (χ0) is 21.2. The summed E-state index contributed by atoms with van der Waals surface area (Å²) in [5, 5.41) is 0. The van der Waals surface area contributed by atoms with E-state index in [1.165, 1.54) is 11.3 Å². The van der Waals surface area contributed by atoms with Gasteiger partial charge in [0.25, 0.3) is 5.91 Å². The zero-order valence-electron chi connectivity index (χ0n) is 16.5. The molecular formula is C25H18N2O3S. The molecule has 1 aromatic heterocycles. The third-order valence-corrected chi connectivity index (χ3v) is 6.19. The zero-order valence-corrected chi connectivity index (χ0v) is 17.3. The van der Waals surface area contributed by atoms with Gasteiger partial charge in [0, 0.05) is 12.1 Å². The number of fused-ring (bicyclic) bond motifs is 2. The number of hydrogen-bond acceptors (Lipinski definition) is 4. The molecule has 1 amide bonds. The summed E-state index contributed by atoms with van der Waals surface area (Å²) in [6.07, 6.45) is 5.62. The summed E-state index contributed by atoms with van der Waals surface area (Å²) < 4.78 is 13.8. The molecule has 1 aliphatic heterocycles. The van der Waals surface area contributed by atoms with Gasteiger partial charge in [-0.15, -0.1) is 6.42 Å². The standard InChI is InChI=1S/C25H18N2O3S/c1-2-13-27-19-14-20-21(30-16-29-20)15-22(19)31-25(27)26-24(28)23(17-9-5-3-6-10-17)18-11-7-4-8-12-18/h1,3-12,14-15,23H,13,16H2. The lowest BCUT2D eigenvalue weighted by molar-refractivity contribution is -0.118. The number of rotatable bonds is 4. The van der Waals surface area contributed by atoms with Crippen LogP contribution in [-0.4, -0.2) is 17.3 Å². The first-order valence-electron chi connectivity index (χ1n) is 9.79. The molecular weight excluding hydrogens is 408 g/mol. The highest BCUT2D eigenvalue weighted by atomic mass is 32.1. The van der Waals surface area contributed by atoms with E-state index in [0.717, 1.165) is 21.3 Å². The first-order chi connectivity index (χ1) is 15.2. The molecule has 4 aromatic rings. The van der Waals surface area contributed by atoms with Gasteiger partial charge < -0.3 is 14.0 Å². The molecule has 0 radical (unpaired) electrons. The van der Waals surface area contributed by atoms with Crippen LogP contribution in [0.4, 0.5) is 0 Å². The van der Waals surface area contributed by atoms with Crippen LogP contribution in [0.3, 0.4) is 0 Å². The second kappa shape index (κ2) is 8.13. The Morgan fingerprint density at radius 1 is 1.03 bits per heavy atom. The lowest BCUT2D eigenvalue weighted by Gasteiger charge is -2.14. The maximum atomic E-state index is 13.5. The highest BCUT2D eigenvalue weighted by molar-refractivity contribution is 7.16. The van der Waals surface area contributed by atoms with Crippen molar-refractivity contribution in [1.29, 1.82) is 0 Å². The van der Waals surface area contributed by atoms with Gasteiger partial charge in [0.2, 0.25) is 6.79 Å². The summed E-state index contributed by atoms with van der Waals surface area (Å²) in [7, 11) is 0. The second-order valence-corrected chi connectivity index (χ2v) is 8.06. The predicted octanol–water partition coefficient (Wildman–Crippen LogP) is 4.32. The van der Waals surface area contributed by atoms with Crippen molar-refractivity contribution in [2.24, 2.45) is 4.99 Å². The molecule has 6 heteroatoms. The first-order valence-corrected chi connectivity index (χ1v) is 10.6. The SMILES string of the molecule is C#CCn1c(=NC(=O)C(c2ccccc2)c2ccccc2)sc2cc3c(cc21)OCO3. The highest BCUT2D eigenvalue weighted by Crippen LogP contribution is 2.37. The van der Waals surface area contributed by atoms with Crippen molar-refractivity contribution in [2.45, 2.75) is 12.5 Å². The van der Waals surface area contributed by atoms with Gasteiger partial charge in [-0.1, -0.05) is 77.9 Å². The number of ether oxygens (including phenoxy) is 2. The van der Waals surface area contributed by atoms with Crippen molar-refractivity contribution < 1.29 is 14.3 Å². The normalized spacial score (nSPS) is 13.0. The van der Waals surface area contributed by atoms with Gasteiger partial charge in [-0.3, -0.25) is 4.79 Å². The molecule has 0 saturated heterocycles. The molecule has 5 rings (SSSR count). The fraction of sp³-hybridized carbons (Fsp3) is 0.120. The monoisotopic (exact) mass is 426 g/mol. The first kappa shape index (κ1) is 19.2. The molecule has 0 bridgehead atoms. The van der Waals surface area contributed by atoms with Crippen molar-refractivity contribution in [3.63, 3.8) is 0 Å². The van der Waals surface area contributed by atoms with E-state index in [9.17, 15) is 4.79 Å². The molecule has 0 fully saturated rings. The Hall–Kier alpha value is -3.82. The van der Waals surface area contributed by atoms with E-state index in [2.05, 4.69) is 10.9 Å². The van der Waals surface area contributed by atoms with Crippen LogP contribution in [0.5, 0.6) is 11.5 Å². The van der Waals surface area contributed by atoms with Crippen LogP contribution >= 0.6 is 11.3 Å². The van der Waals surface area contributed by atoms with Crippen LogP contribution in [0.1, 0.15) is 17.0 Å². The topological polar surface area (TPSA) is 52.8 Å². The quantitative estimate of drug-likeness (QED) is 0.457. The lowest BCUT2D eigenvalue weighted by atomic mass is 9.91. The summed E-state index contributed by atoms with van der Waals surface area (Å²) in [4.78, 5) is 18.6. The molecule has 1 aliphatic rings. The number of hydrogen-bond donors (Lipinski definition) is 0. The average Bonchev–Trinajstić information content (AvgIpc) is 3.38. The molecule has 3 aromatic carbocycles. The maximum absolute atomic E-state index is 13.5. The van der Waals surface area contributed by atoms with Gasteiger partial charge in [0.15, 0.2) is 16.3 Å². The molecule has 2 heterocycles. The van der Waals surface area contributed by atoms with E-state index in [1.807, 2.05) is 77.4 Å². The minimum atomic E-state index is -0.497. The Morgan fingerprint density at radius 2 is 1.65 bits per heavy atom. The van der Waals surface area contributed by atoms with E-state index < -0.39 is 5.92 Å². The minimum absolute atomic E-state index is 0.202. The second-order valence-electron chi connectivity index (χ2n) is 7.05. The molecule has 0 N–H and O–H groups in total. The number of thiazole rings is 1. The summed E-state index contributed by atoms with van der Waals surface area (Å²) >= 11 is 1.41. The number of aromatic nitrogens is 1. The van der Waals surface area contributed by atoms with Crippen LogP contribution in [0, 0.1) is 12.3 Å². The smallest absolute Gasteiger partial charge is 0.260 e. The summed E-state index contributed by atoms with van der Waals surface area (Å²) in [5.41, 5.74) is 2.66. The van der Waals surface area contributed by atoms with Crippen LogP contribution in [0.2, 0.25) is 0 Å². The van der Waals surface area contributed by atoms with Crippen LogP contribution in [0.25, 0.3) is 10.2 Å². The van der Waals surface area contributed by atoms with Crippen LogP contribution in [-0.2, 0) is 11.3 Å². The molecule has 0 unspecified atom stereocenters. The van der Waals surface area contributed by atoms with Crippen LogP contribution < -0.4 is 14.3 Å². The third-order valence-electron chi connectivity index (χ3n) is 5.15. The molecule has 5 nitrogen and oxygen atoms in total. The Balaban J connectivity index is 1.65. The molecule has 0 saturated carbocycles. The average molecular weight is 426 g/mol. The van der Waals surface area contributed by atoms with Gasteiger partial charge >= 0.3 is 0 Å². The molecule has 0 aliphatic carbocycles. The van der Waals surface area contributed by atoms with Crippen molar-refractivity contribution in [3.8, 4) is 23.8 Å². The molecule has 31 heavy (non-hydrogen) atoms. The number of carbonyl (C=O) groups excluding carboxylic acids is 1. The Morgan fingerprint density at radius 3 is 2.26 bits per heavy atom. The number of terminal acetylenes is 1. The Bertz CT molecular complexity index is 1330. The van der Waals surface area contributed by atoms with Gasteiger partial charge in [0.05, 0.1) is 22.7 Å². The summed E-state index contributed by atoms with van der Waals surface area (Å²) in [6.45, 7) is 0.500. The van der Waals surface area contributed by atoms with E-state index in [-0.39, 0.29) is 12.7 Å². The van der Waals surface area contributed by atoms with Gasteiger partial charge in [-0.05, 0) is 11.1 Å². The van der Waals surface area contributed by atoms with E-state index in [4.69, 9.17) is 15.9 Å². The fourth-order valence-electron chi connectivity index (χ4n) is 3.72. The number of carbonyl (C=O) groups is 1. The third kappa shape index (κ3) is 3.60. The minimum Gasteiger partial charge on any atom is -0.454 e. The lowest BCUT2D eigenvalue weighted by Crippen LogP contribution is -2.20. The highest BCUT2D eigenvalue weighted by Gasteiger charge is 2.23. The maximum Gasteiger partial charge on any atom is 0.260 e. The largest absolute Gasteiger partial charge is 0.454 e. The van der Waals surface area contributed by atoms with Gasteiger partial charge in [-0.25, -0.2) is 0 Å². The van der Waals surface area contributed by atoms with Gasteiger partial charge in [0.1, 0.15) is 0 Å². The van der Waals surface area contributed by atoms with E-state index >= 15 is 0 Å². The van der Waals surface area contributed by atoms with Crippen molar-refractivity contribution in [1.82, 2.24) is 4.57 Å². The Kier molecular flexibility index (Phi) is 5.03. The number of amides is 1.